The minimum atomic E-state index is -0.167. The molecule has 1 saturated carbocycles. The molecule has 2 heteroatoms. The van der Waals surface area contributed by atoms with Gasteiger partial charge in [0, 0.05) is 12.6 Å². The molecule has 0 aliphatic heterocycles. The maximum Gasteiger partial charge on any atom is 0.0662 e. The van der Waals surface area contributed by atoms with Crippen molar-refractivity contribution >= 4 is 0 Å². The zero-order valence-corrected chi connectivity index (χ0v) is 10.5. The van der Waals surface area contributed by atoms with Crippen LogP contribution in [0.3, 0.4) is 0 Å². The molecule has 1 aliphatic carbocycles. The Morgan fingerprint density at radius 3 is 2.53 bits per heavy atom. The van der Waals surface area contributed by atoms with Crippen LogP contribution >= 0.6 is 0 Å². The van der Waals surface area contributed by atoms with Crippen molar-refractivity contribution in [3.8, 4) is 0 Å². The van der Waals surface area contributed by atoms with Crippen LogP contribution in [0, 0.1) is 11.8 Å². The van der Waals surface area contributed by atoms with Gasteiger partial charge in [-0.15, -0.1) is 0 Å². The molecule has 0 spiro atoms. The van der Waals surface area contributed by atoms with Crippen LogP contribution in [0.4, 0.5) is 0 Å². The number of aliphatic hydroxyl groups excluding tert-OH is 1. The highest BCUT2D eigenvalue weighted by Gasteiger charge is 2.27. The predicted molar refractivity (Wildman–Crippen MR) is 64.9 cm³/mol. The Bertz CT molecular complexity index is 170. The van der Waals surface area contributed by atoms with Gasteiger partial charge in [-0.3, -0.25) is 0 Å². The molecule has 90 valence electrons. The first kappa shape index (κ1) is 13.0. The van der Waals surface area contributed by atoms with Crippen LogP contribution in [-0.2, 0) is 0 Å². The first-order valence-electron chi connectivity index (χ1n) is 6.56. The lowest BCUT2D eigenvalue weighted by Gasteiger charge is -2.35. The summed E-state index contributed by atoms with van der Waals surface area (Å²) in [4.78, 5) is 0. The summed E-state index contributed by atoms with van der Waals surface area (Å²) in [5.41, 5.74) is 0. The van der Waals surface area contributed by atoms with Gasteiger partial charge >= 0.3 is 0 Å². The minimum Gasteiger partial charge on any atom is -0.392 e. The van der Waals surface area contributed by atoms with Gasteiger partial charge in [0.15, 0.2) is 0 Å². The molecular weight excluding hydrogens is 186 g/mol. The largest absolute Gasteiger partial charge is 0.392 e. The van der Waals surface area contributed by atoms with E-state index in [1.54, 1.807) is 0 Å². The summed E-state index contributed by atoms with van der Waals surface area (Å²) in [7, 11) is 0. The zero-order chi connectivity index (χ0) is 11.3. The first-order chi connectivity index (χ1) is 7.15. The third-order valence-corrected chi connectivity index (χ3v) is 3.76. The molecule has 0 amide bonds. The van der Waals surface area contributed by atoms with Gasteiger partial charge in [-0.25, -0.2) is 0 Å². The summed E-state index contributed by atoms with van der Waals surface area (Å²) in [5, 5.41) is 13.1. The molecule has 0 saturated heterocycles. The van der Waals surface area contributed by atoms with Gasteiger partial charge in [0.1, 0.15) is 0 Å². The van der Waals surface area contributed by atoms with Gasteiger partial charge in [-0.05, 0) is 31.1 Å². The molecule has 0 bridgehead atoms. The van der Waals surface area contributed by atoms with Crippen LogP contribution in [-0.4, -0.2) is 23.8 Å². The normalized spacial score (nSPS) is 29.4. The number of rotatable bonds is 5. The van der Waals surface area contributed by atoms with E-state index in [0.717, 1.165) is 24.8 Å². The Labute approximate surface area is 94.5 Å². The second kappa shape index (κ2) is 6.49. The summed E-state index contributed by atoms with van der Waals surface area (Å²) in [6, 6.07) is 0.639. The fourth-order valence-corrected chi connectivity index (χ4v) is 2.64. The van der Waals surface area contributed by atoms with Gasteiger partial charge in [-0.2, -0.15) is 0 Å². The highest BCUT2D eigenvalue weighted by molar-refractivity contribution is 4.83. The quantitative estimate of drug-likeness (QED) is 0.735. The number of hydrogen-bond acceptors (Lipinski definition) is 2. The Morgan fingerprint density at radius 1 is 1.27 bits per heavy atom. The van der Waals surface area contributed by atoms with Crippen LogP contribution < -0.4 is 5.32 Å². The van der Waals surface area contributed by atoms with Crippen LogP contribution in [0.2, 0.25) is 0 Å². The number of nitrogens with one attached hydrogen (secondary N) is 1. The minimum absolute atomic E-state index is 0.167. The molecule has 3 atom stereocenters. The SMILES string of the molecule is CCC(O)CNC1CCCCC1C(C)C. The molecule has 0 heterocycles. The van der Waals surface area contributed by atoms with Gasteiger partial charge in [-0.1, -0.05) is 33.6 Å². The Morgan fingerprint density at radius 2 is 1.93 bits per heavy atom. The van der Waals surface area contributed by atoms with E-state index in [9.17, 15) is 5.11 Å². The fourth-order valence-electron chi connectivity index (χ4n) is 2.64. The van der Waals surface area contributed by atoms with E-state index in [2.05, 4.69) is 19.2 Å². The molecular formula is C13H27NO. The molecule has 0 aromatic heterocycles. The van der Waals surface area contributed by atoms with E-state index in [4.69, 9.17) is 0 Å². The second-order valence-electron chi connectivity index (χ2n) is 5.27. The average Bonchev–Trinajstić information content (AvgIpc) is 2.26. The van der Waals surface area contributed by atoms with Crippen molar-refractivity contribution in [2.24, 2.45) is 11.8 Å². The summed E-state index contributed by atoms with van der Waals surface area (Å²) < 4.78 is 0. The second-order valence-corrected chi connectivity index (χ2v) is 5.27. The van der Waals surface area contributed by atoms with Gasteiger partial charge < -0.3 is 10.4 Å². The van der Waals surface area contributed by atoms with Gasteiger partial charge in [0.25, 0.3) is 0 Å². The maximum atomic E-state index is 9.55. The average molecular weight is 213 g/mol. The smallest absolute Gasteiger partial charge is 0.0662 e. The van der Waals surface area contributed by atoms with Crippen molar-refractivity contribution in [3.05, 3.63) is 0 Å². The lowest BCUT2D eigenvalue weighted by atomic mass is 9.78. The third-order valence-electron chi connectivity index (χ3n) is 3.76. The first-order valence-corrected chi connectivity index (χ1v) is 6.56. The summed E-state index contributed by atoms with van der Waals surface area (Å²) in [6.45, 7) is 7.44. The third kappa shape index (κ3) is 4.12. The Kier molecular flexibility index (Phi) is 5.62. The lowest BCUT2D eigenvalue weighted by molar-refractivity contribution is 0.140. The summed E-state index contributed by atoms with van der Waals surface area (Å²) in [6.07, 6.45) is 6.07. The molecule has 15 heavy (non-hydrogen) atoms. The Balaban J connectivity index is 2.36. The van der Waals surface area contributed by atoms with Crippen LogP contribution in [0.1, 0.15) is 52.9 Å². The molecule has 1 aliphatic rings. The van der Waals surface area contributed by atoms with Gasteiger partial charge in [0.2, 0.25) is 0 Å². The van der Waals surface area contributed by atoms with E-state index < -0.39 is 0 Å². The van der Waals surface area contributed by atoms with Crippen molar-refractivity contribution in [2.45, 2.75) is 65.0 Å². The van der Waals surface area contributed by atoms with Crippen molar-refractivity contribution in [3.63, 3.8) is 0 Å². The molecule has 1 fully saturated rings. The molecule has 0 radical (unpaired) electrons. The Hall–Kier alpha value is -0.0800. The van der Waals surface area contributed by atoms with Crippen molar-refractivity contribution in [1.82, 2.24) is 5.32 Å². The van der Waals surface area contributed by atoms with Crippen molar-refractivity contribution < 1.29 is 5.11 Å². The van der Waals surface area contributed by atoms with Crippen LogP contribution in [0.15, 0.2) is 0 Å². The molecule has 2 nitrogen and oxygen atoms in total. The number of hydrogen-bond donors (Lipinski definition) is 2. The predicted octanol–water partition coefficient (Wildman–Crippen LogP) is 2.56. The van der Waals surface area contributed by atoms with Gasteiger partial charge in [0.05, 0.1) is 6.10 Å². The van der Waals surface area contributed by atoms with Crippen molar-refractivity contribution in [2.75, 3.05) is 6.54 Å². The standard InChI is InChI=1S/C13H27NO/c1-4-11(15)9-14-13-8-6-5-7-12(13)10(2)3/h10-15H,4-9H2,1-3H3. The zero-order valence-electron chi connectivity index (χ0n) is 10.5. The highest BCUT2D eigenvalue weighted by atomic mass is 16.3. The molecule has 1 rings (SSSR count). The maximum absolute atomic E-state index is 9.55. The molecule has 0 aromatic rings. The molecule has 2 N–H and O–H groups in total. The monoisotopic (exact) mass is 213 g/mol. The molecule has 0 aromatic carbocycles. The molecule has 3 unspecified atom stereocenters. The lowest BCUT2D eigenvalue weighted by Crippen LogP contribution is -2.43. The summed E-state index contributed by atoms with van der Waals surface area (Å²) >= 11 is 0. The van der Waals surface area contributed by atoms with Crippen LogP contribution in [0.25, 0.3) is 0 Å². The van der Waals surface area contributed by atoms with E-state index in [0.29, 0.717) is 6.04 Å². The highest BCUT2D eigenvalue weighted by Crippen LogP contribution is 2.30. The fraction of sp³-hybridized carbons (Fsp3) is 1.00. The topological polar surface area (TPSA) is 32.3 Å². The van der Waals surface area contributed by atoms with E-state index in [1.807, 2.05) is 6.92 Å². The van der Waals surface area contributed by atoms with Crippen LogP contribution in [0.5, 0.6) is 0 Å². The number of aliphatic hydroxyl groups is 1. The van der Waals surface area contributed by atoms with E-state index in [-0.39, 0.29) is 6.10 Å². The van der Waals surface area contributed by atoms with E-state index >= 15 is 0 Å². The summed E-state index contributed by atoms with van der Waals surface area (Å²) in [5.74, 6) is 1.57. The van der Waals surface area contributed by atoms with Crippen molar-refractivity contribution in [1.29, 1.82) is 0 Å². The van der Waals surface area contributed by atoms with E-state index in [1.165, 1.54) is 25.7 Å².